The Morgan fingerprint density at radius 3 is 2.57 bits per heavy atom. The lowest BCUT2D eigenvalue weighted by Crippen LogP contribution is -2.12. The topological polar surface area (TPSA) is 42.2 Å². The molecule has 1 N–H and O–H groups in total. The lowest BCUT2D eigenvalue weighted by atomic mass is 10.0. The molecule has 0 aliphatic heterocycles. The number of furan rings is 1. The van der Waals surface area contributed by atoms with E-state index in [1.807, 2.05) is 49.4 Å². The van der Waals surface area contributed by atoms with Gasteiger partial charge in [0.1, 0.15) is 5.76 Å². The molecule has 0 spiro atoms. The van der Waals surface area contributed by atoms with Crippen LogP contribution in [0.5, 0.6) is 0 Å². The van der Waals surface area contributed by atoms with Crippen molar-refractivity contribution in [1.29, 1.82) is 0 Å². The number of hydrogen-bond donors (Lipinski definition) is 1. The minimum absolute atomic E-state index is 0.193. The summed E-state index contributed by atoms with van der Waals surface area (Å²) in [7, 11) is 0. The lowest BCUT2D eigenvalue weighted by molar-refractivity contribution is 0.102. The molecule has 1 heterocycles. The molecule has 1 amide bonds. The molecule has 4 heteroatoms. The Labute approximate surface area is 139 Å². The third kappa shape index (κ3) is 3.15. The van der Waals surface area contributed by atoms with Crippen molar-refractivity contribution in [1.82, 2.24) is 0 Å². The molecular formula is C19H16ClNO2. The predicted octanol–water partition coefficient (Wildman–Crippen LogP) is 5.47. The van der Waals surface area contributed by atoms with Crippen molar-refractivity contribution in [3.63, 3.8) is 0 Å². The molecule has 1 aromatic heterocycles. The first-order valence-corrected chi connectivity index (χ1v) is 7.65. The Bertz CT molecular complexity index is 867. The van der Waals surface area contributed by atoms with Crippen LogP contribution in [0.2, 0.25) is 5.02 Å². The second-order valence-electron chi connectivity index (χ2n) is 5.35. The second-order valence-corrected chi connectivity index (χ2v) is 5.76. The highest BCUT2D eigenvalue weighted by molar-refractivity contribution is 6.31. The van der Waals surface area contributed by atoms with Crippen molar-refractivity contribution in [2.45, 2.75) is 13.8 Å². The van der Waals surface area contributed by atoms with Crippen LogP contribution in [-0.4, -0.2) is 5.91 Å². The number of anilines is 1. The van der Waals surface area contributed by atoms with Crippen LogP contribution in [0.1, 0.15) is 21.7 Å². The molecule has 0 saturated heterocycles. The van der Waals surface area contributed by atoms with Crippen molar-refractivity contribution < 1.29 is 9.21 Å². The lowest BCUT2D eigenvalue weighted by Gasteiger charge is -2.12. The highest BCUT2D eigenvalue weighted by Crippen LogP contribution is 2.31. The fraction of sp³-hybridized carbons (Fsp3) is 0.105. The van der Waals surface area contributed by atoms with Crippen LogP contribution < -0.4 is 5.32 Å². The minimum Gasteiger partial charge on any atom is -0.469 e. The fourth-order valence-corrected chi connectivity index (χ4v) is 2.59. The van der Waals surface area contributed by atoms with Gasteiger partial charge in [0.15, 0.2) is 0 Å². The first-order valence-electron chi connectivity index (χ1n) is 7.27. The van der Waals surface area contributed by atoms with Gasteiger partial charge in [-0.1, -0.05) is 41.9 Å². The number of aryl methyl sites for hydroxylation is 2. The van der Waals surface area contributed by atoms with Crippen molar-refractivity contribution in [3.05, 3.63) is 76.7 Å². The standard InChI is InChI=1S/C19H16ClNO2/c1-12-7-8-14(11-17(12)20)16-5-3-4-6-18(16)21-19(22)15-9-10-23-13(15)2/h3-11H,1-2H3,(H,21,22). The van der Waals surface area contributed by atoms with Crippen LogP contribution in [-0.2, 0) is 0 Å². The summed E-state index contributed by atoms with van der Waals surface area (Å²) in [5.41, 5.74) is 4.16. The van der Waals surface area contributed by atoms with Gasteiger partial charge in [-0.2, -0.15) is 0 Å². The second kappa shape index (κ2) is 6.31. The van der Waals surface area contributed by atoms with Crippen molar-refractivity contribution in [2.75, 3.05) is 5.32 Å². The number of amides is 1. The Hall–Kier alpha value is -2.52. The van der Waals surface area contributed by atoms with Crippen LogP contribution in [0, 0.1) is 13.8 Å². The van der Waals surface area contributed by atoms with Crippen LogP contribution in [0.15, 0.2) is 59.2 Å². The van der Waals surface area contributed by atoms with E-state index in [0.717, 1.165) is 22.4 Å². The Morgan fingerprint density at radius 1 is 1.09 bits per heavy atom. The SMILES string of the molecule is Cc1ccc(-c2ccccc2NC(=O)c2ccoc2C)cc1Cl. The minimum atomic E-state index is -0.193. The summed E-state index contributed by atoms with van der Waals surface area (Å²) < 4.78 is 5.19. The van der Waals surface area contributed by atoms with E-state index in [9.17, 15) is 4.79 Å². The normalized spacial score (nSPS) is 10.6. The Morgan fingerprint density at radius 2 is 1.87 bits per heavy atom. The molecule has 3 nitrogen and oxygen atoms in total. The first kappa shape index (κ1) is 15.4. The number of benzene rings is 2. The van der Waals surface area contributed by atoms with Crippen molar-refractivity contribution in [3.8, 4) is 11.1 Å². The van der Waals surface area contributed by atoms with Crippen LogP contribution >= 0.6 is 11.6 Å². The summed E-state index contributed by atoms with van der Waals surface area (Å²) in [6.07, 6.45) is 1.51. The third-order valence-corrected chi connectivity index (χ3v) is 4.17. The summed E-state index contributed by atoms with van der Waals surface area (Å²) in [5, 5.41) is 3.65. The molecule has 3 aromatic rings. The van der Waals surface area contributed by atoms with E-state index in [1.165, 1.54) is 6.26 Å². The highest BCUT2D eigenvalue weighted by atomic mass is 35.5. The van der Waals surface area contributed by atoms with Gasteiger partial charge >= 0.3 is 0 Å². The molecule has 116 valence electrons. The maximum atomic E-state index is 12.4. The molecule has 0 saturated carbocycles. The van der Waals surface area contributed by atoms with Gasteiger partial charge in [-0.15, -0.1) is 0 Å². The summed E-state index contributed by atoms with van der Waals surface area (Å²) in [4.78, 5) is 12.4. The predicted molar refractivity (Wildman–Crippen MR) is 93.0 cm³/mol. The van der Waals surface area contributed by atoms with E-state index in [1.54, 1.807) is 13.0 Å². The van der Waals surface area contributed by atoms with E-state index in [4.69, 9.17) is 16.0 Å². The molecule has 0 aliphatic rings. The maximum Gasteiger partial charge on any atom is 0.259 e. The third-order valence-electron chi connectivity index (χ3n) is 3.76. The fourth-order valence-electron chi connectivity index (χ4n) is 2.41. The van der Waals surface area contributed by atoms with Crippen molar-refractivity contribution >= 4 is 23.2 Å². The van der Waals surface area contributed by atoms with Crippen molar-refractivity contribution in [2.24, 2.45) is 0 Å². The molecule has 0 unspecified atom stereocenters. The quantitative estimate of drug-likeness (QED) is 0.693. The zero-order valence-corrected chi connectivity index (χ0v) is 13.6. The number of rotatable bonds is 3. The highest BCUT2D eigenvalue weighted by Gasteiger charge is 2.14. The number of carbonyl (C=O) groups is 1. The summed E-state index contributed by atoms with van der Waals surface area (Å²) in [5.74, 6) is 0.403. The average Bonchev–Trinajstić information content (AvgIpc) is 2.97. The molecule has 0 aliphatic carbocycles. The Balaban J connectivity index is 1.96. The molecular weight excluding hydrogens is 310 g/mol. The number of para-hydroxylation sites is 1. The molecule has 23 heavy (non-hydrogen) atoms. The van der Waals surface area contributed by atoms with Gasteiger partial charge < -0.3 is 9.73 Å². The molecule has 3 rings (SSSR count). The largest absolute Gasteiger partial charge is 0.469 e. The van der Waals surface area contributed by atoms with Gasteiger partial charge in [0.25, 0.3) is 5.91 Å². The molecule has 0 bridgehead atoms. The van der Waals surface area contributed by atoms with E-state index < -0.39 is 0 Å². The number of nitrogens with one attached hydrogen (secondary N) is 1. The maximum absolute atomic E-state index is 12.4. The van der Waals surface area contributed by atoms with Gasteiger partial charge in [0, 0.05) is 16.3 Å². The zero-order valence-electron chi connectivity index (χ0n) is 12.9. The molecule has 2 aromatic carbocycles. The summed E-state index contributed by atoms with van der Waals surface area (Å²) >= 11 is 6.22. The Kier molecular flexibility index (Phi) is 4.22. The van der Waals surface area contributed by atoms with Gasteiger partial charge in [-0.25, -0.2) is 0 Å². The van der Waals surface area contributed by atoms with E-state index in [0.29, 0.717) is 16.3 Å². The van der Waals surface area contributed by atoms with Crippen LogP contribution in [0.3, 0.4) is 0 Å². The van der Waals surface area contributed by atoms with Gasteiger partial charge in [-0.3, -0.25) is 4.79 Å². The number of halogens is 1. The number of hydrogen-bond acceptors (Lipinski definition) is 2. The number of carbonyl (C=O) groups excluding carboxylic acids is 1. The zero-order chi connectivity index (χ0) is 16.4. The smallest absolute Gasteiger partial charge is 0.259 e. The van der Waals surface area contributed by atoms with Crippen LogP contribution in [0.25, 0.3) is 11.1 Å². The van der Waals surface area contributed by atoms with Gasteiger partial charge in [0.2, 0.25) is 0 Å². The first-order chi connectivity index (χ1) is 11.1. The van der Waals surface area contributed by atoms with Gasteiger partial charge in [0.05, 0.1) is 11.8 Å². The monoisotopic (exact) mass is 325 g/mol. The van der Waals surface area contributed by atoms with Gasteiger partial charge in [-0.05, 0) is 43.2 Å². The molecule has 0 radical (unpaired) electrons. The molecule has 0 fully saturated rings. The molecule has 0 atom stereocenters. The van der Waals surface area contributed by atoms with E-state index >= 15 is 0 Å². The van der Waals surface area contributed by atoms with Crippen LogP contribution in [0.4, 0.5) is 5.69 Å². The average molecular weight is 326 g/mol. The summed E-state index contributed by atoms with van der Waals surface area (Å²) in [6, 6.07) is 15.2. The summed E-state index contributed by atoms with van der Waals surface area (Å²) in [6.45, 7) is 3.72. The van der Waals surface area contributed by atoms with E-state index in [2.05, 4.69) is 5.32 Å². The van der Waals surface area contributed by atoms with E-state index in [-0.39, 0.29) is 5.91 Å².